The number of piperidine rings is 2. The minimum Gasteiger partial charge on any atom is -0.508 e. The van der Waals surface area contributed by atoms with Crippen molar-refractivity contribution in [2.24, 2.45) is 22.7 Å². The number of aromatic hydroxyl groups is 1. The van der Waals surface area contributed by atoms with Gasteiger partial charge >= 0.3 is 5.97 Å². The normalized spacial score (nSPS) is 32.9. The van der Waals surface area contributed by atoms with Gasteiger partial charge in [-0.15, -0.1) is 0 Å². The molecule has 0 amide bonds. The van der Waals surface area contributed by atoms with Gasteiger partial charge in [-0.3, -0.25) is 24.8 Å². The molecular weight excluding hydrogens is 462 g/mol. The van der Waals surface area contributed by atoms with Gasteiger partial charge in [0.15, 0.2) is 0 Å². The van der Waals surface area contributed by atoms with Crippen LogP contribution in [-0.4, -0.2) is 64.1 Å². The lowest BCUT2D eigenvalue weighted by Gasteiger charge is -2.54. The number of carbonyl (C=O) groups excluding carboxylic acids is 1. The largest absolute Gasteiger partial charge is 0.508 e. The first kappa shape index (κ1) is 23.1. The second kappa shape index (κ2) is 8.38. The molecule has 9 heteroatoms. The number of aliphatic hydroxyl groups is 1. The van der Waals surface area contributed by atoms with Gasteiger partial charge in [-0.2, -0.15) is 0 Å². The van der Waals surface area contributed by atoms with Gasteiger partial charge in [-0.25, -0.2) is 0 Å². The highest BCUT2D eigenvalue weighted by Gasteiger charge is 2.57. The highest BCUT2D eigenvalue weighted by Crippen LogP contribution is 2.55. The van der Waals surface area contributed by atoms with Gasteiger partial charge in [-0.05, 0) is 55.2 Å². The standard InChI is InChI=1S/C27H29N3O6/c1-36-26(33)24-17-13-21-25-27(18-4-2-3-5-20(18)28-25,19-12-16(30(34)35)7-9-22(19)31)10-11-29(21)14-15(17)6-8-23(24)32/h2-5,7,9,12,15,17,21,23-24,31-32H,6,8,10-11,13-14H2,1H3/t15-,17-,21-,23-,24+,27+/m0/s1. The Labute approximate surface area is 208 Å². The van der Waals surface area contributed by atoms with Gasteiger partial charge in [0.2, 0.25) is 0 Å². The number of nitro benzene ring substituents is 1. The maximum Gasteiger partial charge on any atom is 0.311 e. The smallest absolute Gasteiger partial charge is 0.311 e. The Kier molecular flexibility index (Phi) is 5.38. The first-order valence-electron chi connectivity index (χ1n) is 12.5. The highest BCUT2D eigenvalue weighted by atomic mass is 16.6. The maximum atomic E-state index is 12.7. The quantitative estimate of drug-likeness (QED) is 0.383. The number of ether oxygens (including phenoxy) is 1. The van der Waals surface area contributed by atoms with Gasteiger partial charge in [0.25, 0.3) is 5.69 Å². The number of hydrogen-bond donors (Lipinski definition) is 2. The van der Waals surface area contributed by atoms with Crippen LogP contribution in [-0.2, 0) is 14.9 Å². The van der Waals surface area contributed by atoms with Crippen molar-refractivity contribution in [2.45, 2.75) is 43.2 Å². The van der Waals surface area contributed by atoms with E-state index in [1.165, 1.54) is 25.3 Å². The minimum absolute atomic E-state index is 0.00710. The van der Waals surface area contributed by atoms with Crippen LogP contribution in [0.3, 0.4) is 0 Å². The summed E-state index contributed by atoms with van der Waals surface area (Å²) < 4.78 is 5.08. The predicted molar refractivity (Wildman–Crippen MR) is 131 cm³/mol. The first-order chi connectivity index (χ1) is 17.3. The molecular formula is C27H29N3O6. The molecule has 1 aliphatic carbocycles. The zero-order valence-electron chi connectivity index (χ0n) is 20.0. The predicted octanol–water partition coefficient (Wildman–Crippen LogP) is 3.33. The van der Waals surface area contributed by atoms with Crippen LogP contribution < -0.4 is 0 Å². The number of hydrogen-bond acceptors (Lipinski definition) is 8. The fourth-order valence-electron chi connectivity index (χ4n) is 7.38. The van der Waals surface area contributed by atoms with E-state index in [2.05, 4.69) is 4.90 Å². The third-order valence-corrected chi connectivity index (χ3v) is 8.98. The molecule has 1 saturated carbocycles. The van der Waals surface area contributed by atoms with Crippen LogP contribution in [0.15, 0.2) is 47.5 Å². The molecule has 0 spiro atoms. The number of aliphatic imine (C=N–C) groups is 1. The van der Waals surface area contributed by atoms with Crippen LogP contribution in [0.4, 0.5) is 11.4 Å². The van der Waals surface area contributed by atoms with E-state index in [1.807, 2.05) is 24.3 Å². The van der Waals surface area contributed by atoms with Crippen molar-refractivity contribution in [3.63, 3.8) is 0 Å². The molecule has 0 aromatic heterocycles. The lowest BCUT2D eigenvalue weighted by Crippen LogP contribution is -2.63. The molecule has 6 atom stereocenters. The molecule has 6 rings (SSSR count). The molecule has 3 aliphatic heterocycles. The monoisotopic (exact) mass is 491 g/mol. The number of benzene rings is 2. The Bertz CT molecular complexity index is 1280. The number of phenols is 1. The number of phenolic OH excluding ortho intramolecular Hbond substituents is 1. The Morgan fingerprint density at radius 3 is 2.81 bits per heavy atom. The molecule has 9 nitrogen and oxygen atoms in total. The van der Waals surface area contributed by atoms with Gasteiger partial charge in [0.05, 0.1) is 40.9 Å². The molecule has 0 bridgehead atoms. The number of carbonyl (C=O) groups is 1. The summed E-state index contributed by atoms with van der Waals surface area (Å²) in [5, 5.41) is 33.4. The Morgan fingerprint density at radius 2 is 2.03 bits per heavy atom. The van der Waals surface area contributed by atoms with E-state index in [-0.39, 0.29) is 35.3 Å². The summed E-state index contributed by atoms with van der Waals surface area (Å²) in [4.78, 5) is 31.4. The number of esters is 1. The molecule has 3 fully saturated rings. The van der Waals surface area contributed by atoms with Crippen LogP contribution in [0.2, 0.25) is 0 Å². The summed E-state index contributed by atoms with van der Waals surface area (Å²) in [5.41, 5.74) is 2.21. The van der Waals surface area contributed by atoms with E-state index in [0.717, 1.165) is 36.5 Å². The van der Waals surface area contributed by atoms with Crippen LogP contribution in [0.1, 0.15) is 36.8 Å². The van der Waals surface area contributed by atoms with Gasteiger partial charge in [0.1, 0.15) is 5.75 Å². The number of para-hydroxylation sites is 1. The molecule has 2 saturated heterocycles. The third-order valence-electron chi connectivity index (χ3n) is 8.98. The minimum atomic E-state index is -0.797. The summed E-state index contributed by atoms with van der Waals surface area (Å²) in [6.45, 7) is 1.52. The average Bonchev–Trinajstić information content (AvgIpc) is 3.23. The maximum absolute atomic E-state index is 12.7. The SMILES string of the molecule is COC(=O)[C@@H]1[C@H]2C[C@H]3C4=Nc5ccccc5[C@@]4(c4cc([N+](=O)[O-])ccc4O)CCN3C[C@@H]2CC[C@@H]1O. The van der Waals surface area contributed by atoms with E-state index in [0.29, 0.717) is 24.8 Å². The van der Waals surface area contributed by atoms with Gasteiger partial charge in [0, 0.05) is 36.8 Å². The summed E-state index contributed by atoms with van der Waals surface area (Å²) >= 11 is 0. The molecule has 0 radical (unpaired) electrons. The number of nitro groups is 1. The summed E-state index contributed by atoms with van der Waals surface area (Å²) in [5.74, 6) is -0.726. The molecule has 36 heavy (non-hydrogen) atoms. The van der Waals surface area contributed by atoms with Crippen molar-refractivity contribution in [3.8, 4) is 5.75 Å². The van der Waals surface area contributed by atoms with E-state index in [9.17, 15) is 25.1 Å². The van der Waals surface area contributed by atoms with Crippen LogP contribution in [0, 0.1) is 27.9 Å². The van der Waals surface area contributed by atoms with Crippen LogP contribution in [0.25, 0.3) is 0 Å². The molecule has 2 N–H and O–H groups in total. The number of rotatable bonds is 3. The van der Waals surface area contributed by atoms with E-state index in [1.54, 1.807) is 0 Å². The Morgan fingerprint density at radius 1 is 1.22 bits per heavy atom. The Balaban J connectivity index is 1.48. The summed E-state index contributed by atoms with van der Waals surface area (Å²) in [6, 6.07) is 11.9. The second-order valence-electron chi connectivity index (χ2n) is 10.5. The molecule has 0 unspecified atom stereocenters. The number of non-ortho nitro benzene ring substituents is 1. The first-order valence-corrected chi connectivity index (χ1v) is 12.5. The topological polar surface area (TPSA) is 126 Å². The highest BCUT2D eigenvalue weighted by molar-refractivity contribution is 6.09. The molecule has 188 valence electrons. The summed E-state index contributed by atoms with van der Waals surface area (Å²) in [6.07, 6.45) is 1.96. The van der Waals surface area contributed by atoms with Gasteiger partial charge < -0.3 is 14.9 Å². The Hall–Kier alpha value is -3.30. The molecule has 2 aromatic carbocycles. The summed E-state index contributed by atoms with van der Waals surface area (Å²) in [7, 11) is 1.36. The van der Waals surface area contributed by atoms with E-state index < -0.39 is 22.4 Å². The molecule has 3 heterocycles. The van der Waals surface area contributed by atoms with E-state index in [4.69, 9.17) is 9.73 Å². The van der Waals surface area contributed by atoms with Crippen molar-refractivity contribution in [1.29, 1.82) is 0 Å². The fourth-order valence-corrected chi connectivity index (χ4v) is 7.38. The number of fused-ring (bicyclic) bond motifs is 6. The number of methoxy groups -OCH3 is 1. The lowest BCUT2D eigenvalue weighted by atomic mass is 9.59. The molecule has 2 aromatic rings. The zero-order chi connectivity index (χ0) is 25.2. The van der Waals surface area contributed by atoms with Gasteiger partial charge in [-0.1, -0.05) is 18.2 Å². The van der Waals surface area contributed by atoms with Crippen molar-refractivity contribution < 1.29 is 24.7 Å². The fraction of sp³-hybridized carbons (Fsp3) is 0.481. The second-order valence-corrected chi connectivity index (χ2v) is 10.5. The van der Waals surface area contributed by atoms with Crippen LogP contribution >= 0.6 is 0 Å². The van der Waals surface area contributed by atoms with Crippen molar-refractivity contribution >= 4 is 23.1 Å². The van der Waals surface area contributed by atoms with Crippen molar-refractivity contribution in [3.05, 3.63) is 63.7 Å². The lowest BCUT2D eigenvalue weighted by molar-refractivity contribution is -0.385. The average molecular weight is 492 g/mol. The molecule has 4 aliphatic rings. The van der Waals surface area contributed by atoms with Crippen molar-refractivity contribution in [1.82, 2.24) is 4.90 Å². The third kappa shape index (κ3) is 3.22. The van der Waals surface area contributed by atoms with Crippen molar-refractivity contribution in [2.75, 3.05) is 20.2 Å². The number of aliphatic hydroxyl groups excluding tert-OH is 1. The zero-order valence-corrected chi connectivity index (χ0v) is 20.0. The number of nitrogens with zero attached hydrogens (tertiary/aromatic N) is 3. The van der Waals surface area contributed by atoms with E-state index >= 15 is 0 Å². The van der Waals surface area contributed by atoms with Crippen LogP contribution in [0.5, 0.6) is 5.75 Å².